The summed E-state index contributed by atoms with van der Waals surface area (Å²) in [5.74, 6) is -0.0425. The fourth-order valence-electron chi connectivity index (χ4n) is 1.61. The van der Waals surface area contributed by atoms with Gasteiger partial charge in [-0.2, -0.15) is 0 Å². The molecule has 0 saturated carbocycles. The lowest BCUT2D eigenvalue weighted by Crippen LogP contribution is -2.49. The first-order valence-electron chi connectivity index (χ1n) is 5.74. The average molecular weight is 300 g/mol. The van der Waals surface area contributed by atoms with E-state index in [1.165, 1.54) is 6.07 Å². The molecule has 0 bridgehead atoms. The van der Waals surface area contributed by atoms with Crippen molar-refractivity contribution in [2.45, 2.75) is 32.2 Å². The van der Waals surface area contributed by atoms with Crippen molar-refractivity contribution in [1.29, 1.82) is 0 Å². The van der Waals surface area contributed by atoms with Crippen molar-refractivity contribution < 1.29 is 9.90 Å². The van der Waals surface area contributed by atoms with Crippen LogP contribution in [0.4, 0.5) is 0 Å². The van der Waals surface area contributed by atoms with Gasteiger partial charge in [0.1, 0.15) is 5.75 Å². The molecule has 4 heteroatoms. The van der Waals surface area contributed by atoms with Crippen LogP contribution < -0.4 is 5.32 Å². The topological polar surface area (TPSA) is 49.3 Å². The van der Waals surface area contributed by atoms with Gasteiger partial charge in [0.2, 0.25) is 0 Å². The molecule has 1 aromatic rings. The number of amides is 1. The number of halogens is 1. The highest BCUT2D eigenvalue weighted by Crippen LogP contribution is 2.19. The normalized spacial score (nSPS) is 11.2. The maximum absolute atomic E-state index is 12.0. The number of phenolic OH excluding ortho intramolecular Hbond substituents is 1. The van der Waals surface area contributed by atoms with Crippen molar-refractivity contribution in [3.8, 4) is 5.75 Å². The third-order valence-electron chi connectivity index (χ3n) is 3.10. The van der Waals surface area contributed by atoms with Crippen molar-refractivity contribution >= 4 is 21.8 Å². The van der Waals surface area contributed by atoms with E-state index in [1.807, 2.05) is 13.8 Å². The number of benzene rings is 1. The predicted molar refractivity (Wildman–Crippen MR) is 72.7 cm³/mol. The van der Waals surface area contributed by atoms with Crippen molar-refractivity contribution in [2.75, 3.05) is 5.33 Å². The molecule has 0 aliphatic rings. The summed E-state index contributed by atoms with van der Waals surface area (Å²) in [5, 5.41) is 13.1. The Balaban J connectivity index is 2.84. The number of hydrogen-bond acceptors (Lipinski definition) is 2. The first-order valence-corrected chi connectivity index (χ1v) is 6.86. The Kier molecular flexibility index (Phi) is 5.00. The van der Waals surface area contributed by atoms with Gasteiger partial charge in [0.25, 0.3) is 5.91 Å². The number of carbonyl (C=O) groups excluding carboxylic acids is 1. The molecule has 0 radical (unpaired) electrons. The Morgan fingerprint density at radius 2 is 2.06 bits per heavy atom. The molecule has 3 nitrogen and oxygen atoms in total. The molecule has 0 heterocycles. The number of aromatic hydroxyl groups is 1. The molecule has 1 rings (SSSR count). The molecule has 17 heavy (non-hydrogen) atoms. The van der Waals surface area contributed by atoms with E-state index in [9.17, 15) is 9.90 Å². The molecule has 0 atom stereocenters. The van der Waals surface area contributed by atoms with Crippen molar-refractivity contribution in [3.63, 3.8) is 0 Å². The van der Waals surface area contributed by atoms with Gasteiger partial charge in [0, 0.05) is 16.4 Å². The SMILES string of the molecule is CCC(CC)(CBr)NC(=O)c1cccc(O)c1. The summed E-state index contributed by atoms with van der Waals surface area (Å²) in [5.41, 5.74) is 0.264. The maximum Gasteiger partial charge on any atom is 0.251 e. The standard InChI is InChI=1S/C13H18BrNO2/c1-3-13(4-2,9-14)15-12(17)10-6-5-7-11(16)8-10/h5-8,16H,3-4,9H2,1-2H3,(H,15,17). The Morgan fingerprint density at radius 3 is 2.53 bits per heavy atom. The van der Waals surface area contributed by atoms with Gasteiger partial charge in [-0.3, -0.25) is 4.79 Å². The molecule has 1 amide bonds. The number of phenols is 1. The molecule has 0 aliphatic carbocycles. The minimum absolute atomic E-state index is 0.107. The summed E-state index contributed by atoms with van der Waals surface area (Å²) in [6.45, 7) is 4.10. The van der Waals surface area contributed by atoms with Gasteiger partial charge in [0.05, 0.1) is 0 Å². The first kappa shape index (κ1) is 14.0. The monoisotopic (exact) mass is 299 g/mol. The van der Waals surface area contributed by atoms with Crippen LogP contribution in [0.3, 0.4) is 0 Å². The van der Waals surface area contributed by atoms with E-state index in [0.29, 0.717) is 5.56 Å². The lowest BCUT2D eigenvalue weighted by molar-refractivity contribution is 0.0903. The molecule has 0 spiro atoms. The van der Waals surface area contributed by atoms with Gasteiger partial charge in [-0.05, 0) is 31.0 Å². The molecule has 0 aromatic heterocycles. The Bertz CT molecular complexity index is 380. The van der Waals surface area contributed by atoms with Gasteiger partial charge in [-0.25, -0.2) is 0 Å². The number of carbonyl (C=O) groups is 1. The summed E-state index contributed by atoms with van der Waals surface area (Å²) in [7, 11) is 0. The second-order valence-electron chi connectivity index (χ2n) is 4.13. The minimum Gasteiger partial charge on any atom is -0.508 e. The highest BCUT2D eigenvalue weighted by molar-refractivity contribution is 9.09. The quantitative estimate of drug-likeness (QED) is 0.821. The molecule has 1 aromatic carbocycles. The Hall–Kier alpha value is -1.03. The summed E-state index contributed by atoms with van der Waals surface area (Å²) >= 11 is 3.44. The van der Waals surface area contributed by atoms with Gasteiger partial charge in [0.15, 0.2) is 0 Å². The summed E-state index contributed by atoms with van der Waals surface area (Å²) in [4.78, 5) is 12.0. The summed E-state index contributed by atoms with van der Waals surface area (Å²) in [6, 6.07) is 6.38. The second-order valence-corrected chi connectivity index (χ2v) is 4.69. The van der Waals surface area contributed by atoms with E-state index < -0.39 is 0 Å². The third kappa shape index (κ3) is 3.46. The van der Waals surface area contributed by atoms with Crippen LogP contribution in [-0.4, -0.2) is 21.9 Å². The van der Waals surface area contributed by atoms with E-state index in [4.69, 9.17) is 0 Å². The molecule has 94 valence electrons. The van der Waals surface area contributed by atoms with Gasteiger partial charge in [-0.1, -0.05) is 35.8 Å². The average Bonchev–Trinajstić information content (AvgIpc) is 2.36. The number of hydrogen-bond donors (Lipinski definition) is 2. The van der Waals surface area contributed by atoms with E-state index in [0.717, 1.165) is 18.2 Å². The van der Waals surface area contributed by atoms with Crippen molar-refractivity contribution in [3.05, 3.63) is 29.8 Å². The van der Waals surface area contributed by atoms with Crippen LogP contribution in [0.15, 0.2) is 24.3 Å². The minimum atomic E-state index is -0.220. The fourth-order valence-corrected chi connectivity index (χ4v) is 2.54. The summed E-state index contributed by atoms with van der Waals surface area (Å²) < 4.78 is 0. The third-order valence-corrected chi connectivity index (χ3v) is 4.17. The van der Waals surface area contributed by atoms with Crippen LogP contribution in [0.1, 0.15) is 37.0 Å². The molecular weight excluding hydrogens is 282 g/mol. The van der Waals surface area contributed by atoms with Crippen molar-refractivity contribution in [1.82, 2.24) is 5.32 Å². The maximum atomic E-state index is 12.0. The number of rotatable bonds is 5. The van der Waals surface area contributed by atoms with Gasteiger partial charge in [-0.15, -0.1) is 0 Å². The van der Waals surface area contributed by atoms with Gasteiger partial charge >= 0.3 is 0 Å². The zero-order valence-corrected chi connectivity index (χ0v) is 11.8. The Labute approximate surface area is 110 Å². The van der Waals surface area contributed by atoms with Crippen LogP contribution in [0.2, 0.25) is 0 Å². The van der Waals surface area contributed by atoms with E-state index in [1.54, 1.807) is 18.2 Å². The highest BCUT2D eigenvalue weighted by atomic mass is 79.9. The number of nitrogens with one attached hydrogen (secondary N) is 1. The van der Waals surface area contributed by atoms with E-state index >= 15 is 0 Å². The summed E-state index contributed by atoms with van der Waals surface area (Å²) in [6.07, 6.45) is 1.72. The molecule has 0 fully saturated rings. The van der Waals surface area contributed by atoms with E-state index in [-0.39, 0.29) is 17.2 Å². The zero-order chi connectivity index (χ0) is 12.9. The molecule has 0 saturated heterocycles. The van der Waals surface area contributed by atoms with Crippen molar-refractivity contribution in [2.24, 2.45) is 0 Å². The van der Waals surface area contributed by atoms with Crippen LogP contribution in [0.25, 0.3) is 0 Å². The van der Waals surface area contributed by atoms with Gasteiger partial charge < -0.3 is 10.4 Å². The van der Waals surface area contributed by atoms with Crippen LogP contribution >= 0.6 is 15.9 Å². The van der Waals surface area contributed by atoms with Crippen LogP contribution in [0.5, 0.6) is 5.75 Å². The highest BCUT2D eigenvalue weighted by Gasteiger charge is 2.27. The lowest BCUT2D eigenvalue weighted by atomic mass is 9.95. The predicted octanol–water partition coefficient (Wildman–Crippen LogP) is 3.08. The largest absolute Gasteiger partial charge is 0.508 e. The first-order chi connectivity index (χ1) is 8.06. The molecule has 2 N–H and O–H groups in total. The second kappa shape index (κ2) is 6.05. The van der Waals surface area contributed by atoms with E-state index in [2.05, 4.69) is 21.2 Å². The fraction of sp³-hybridized carbons (Fsp3) is 0.462. The zero-order valence-electron chi connectivity index (χ0n) is 10.2. The van der Waals surface area contributed by atoms with Crippen LogP contribution in [0, 0.1) is 0 Å². The lowest BCUT2D eigenvalue weighted by Gasteiger charge is -2.30. The smallest absolute Gasteiger partial charge is 0.251 e. The molecular formula is C13H18BrNO2. The van der Waals surface area contributed by atoms with Crippen LogP contribution in [-0.2, 0) is 0 Å². The molecule has 0 aliphatic heterocycles. The Morgan fingerprint density at radius 1 is 1.41 bits per heavy atom. The number of alkyl halides is 1. The molecule has 0 unspecified atom stereocenters.